The number of carbonyl (C=O) groups is 2. The fourth-order valence-corrected chi connectivity index (χ4v) is 2.72. The van der Waals surface area contributed by atoms with Crippen LogP contribution in [-0.4, -0.2) is 28.0 Å². The lowest BCUT2D eigenvalue weighted by Crippen LogP contribution is -2.47. The number of unbranched alkanes of at least 4 members (excludes halogenated alkanes) is 1. The van der Waals surface area contributed by atoms with Crippen LogP contribution in [0.5, 0.6) is 0 Å². The maximum absolute atomic E-state index is 12.5. The van der Waals surface area contributed by atoms with E-state index in [1.807, 2.05) is 12.1 Å². The summed E-state index contributed by atoms with van der Waals surface area (Å²) in [4.78, 5) is 34.6. The van der Waals surface area contributed by atoms with Gasteiger partial charge >= 0.3 is 0 Å². The molecule has 28 heavy (non-hydrogen) atoms. The van der Waals surface area contributed by atoms with E-state index in [9.17, 15) is 19.7 Å². The quantitative estimate of drug-likeness (QED) is 0.348. The van der Waals surface area contributed by atoms with Gasteiger partial charge in [0.1, 0.15) is 6.04 Å². The predicted molar refractivity (Wildman–Crippen MR) is 103 cm³/mol. The third-order valence-corrected chi connectivity index (χ3v) is 4.35. The first-order valence-corrected chi connectivity index (χ1v) is 9.01. The van der Waals surface area contributed by atoms with Crippen molar-refractivity contribution in [2.24, 2.45) is 0 Å². The Morgan fingerprint density at radius 2 is 1.68 bits per heavy atom. The van der Waals surface area contributed by atoms with Gasteiger partial charge in [-0.2, -0.15) is 0 Å². The van der Waals surface area contributed by atoms with Gasteiger partial charge in [-0.3, -0.25) is 24.9 Å². The molecule has 0 radical (unpaired) electrons. The highest BCUT2D eigenvalue weighted by molar-refractivity contribution is 5.97. The summed E-state index contributed by atoms with van der Waals surface area (Å²) in [5.74, 6) is -1.22. The van der Waals surface area contributed by atoms with Gasteiger partial charge in [-0.05, 0) is 36.1 Å². The highest BCUT2D eigenvalue weighted by Gasteiger charge is 2.22. The normalized spacial score (nSPS) is 11.5. The molecule has 3 N–H and O–H groups in total. The average molecular weight is 385 g/mol. The summed E-state index contributed by atoms with van der Waals surface area (Å²) in [5.41, 5.74) is 3.61. The van der Waals surface area contributed by atoms with Gasteiger partial charge in [-0.15, -0.1) is 0 Å². The lowest BCUT2D eigenvalue weighted by Gasteiger charge is -2.17. The van der Waals surface area contributed by atoms with Gasteiger partial charge in [0, 0.05) is 24.1 Å². The molecule has 0 aromatic heterocycles. The highest BCUT2D eigenvalue weighted by Crippen LogP contribution is 2.14. The second-order valence-corrected chi connectivity index (χ2v) is 6.43. The molecule has 0 bridgehead atoms. The van der Waals surface area contributed by atoms with Crippen molar-refractivity contribution in [1.82, 2.24) is 10.8 Å². The van der Waals surface area contributed by atoms with Crippen LogP contribution in [0, 0.1) is 10.1 Å². The first-order valence-electron chi connectivity index (χ1n) is 9.01. The molecule has 8 heteroatoms. The van der Waals surface area contributed by atoms with Crippen molar-refractivity contribution in [3.05, 3.63) is 75.3 Å². The zero-order valence-electron chi connectivity index (χ0n) is 15.6. The Morgan fingerprint density at radius 3 is 2.21 bits per heavy atom. The molecule has 0 heterocycles. The summed E-state index contributed by atoms with van der Waals surface area (Å²) in [6.45, 7) is 2.11. The number of aryl methyl sites for hydroxylation is 1. The zero-order valence-corrected chi connectivity index (χ0v) is 15.6. The second-order valence-electron chi connectivity index (χ2n) is 6.43. The molecule has 2 aromatic rings. The molecule has 1 atom stereocenters. The summed E-state index contributed by atoms with van der Waals surface area (Å²) >= 11 is 0. The Morgan fingerprint density at radius 1 is 1.07 bits per heavy atom. The number of hydrogen-bond acceptors (Lipinski definition) is 5. The number of hydrogen-bond donors (Lipinski definition) is 3. The molecule has 0 aliphatic heterocycles. The van der Waals surface area contributed by atoms with Crippen LogP contribution < -0.4 is 10.8 Å². The Bertz CT molecular complexity index is 819. The van der Waals surface area contributed by atoms with Crippen LogP contribution in [-0.2, 0) is 17.6 Å². The molecule has 0 unspecified atom stereocenters. The van der Waals surface area contributed by atoms with Crippen LogP contribution in [0.2, 0.25) is 0 Å². The number of rotatable bonds is 9. The molecule has 2 rings (SSSR count). The molecule has 0 saturated heterocycles. The van der Waals surface area contributed by atoms with Gasteiger partial charge in [-0.25, -0.2) is 5.48 Å². The molecule has 148 valence electrons. The molecule has 2 aromatic carbocycles. The number of nitrogens with zero attached hydrogens (tertiary/aromatic N) is 1. The van der Waals surface area contributed by atoms with Crippen LogP contribution in [0.4, 0.5) is 5.69 Å². The topological polar surface area (TPSA) is 122 Å². The summed E-state index contributed by atoms with van der Waals surface area (Å²) in [7, 11) is 0. The number of non-ortho nitro benzene ring substituents is 1. The van der Waals surface area contributed by atoms with E-state index in [1.165, 1.54) is 24.3 Å². The van der Waals surface area contributed by atoms with Gasteiger partial charge in [0.25, 0.3) is 17.5 Å². The van der Waals surface area contributed by atoms with Gasteiger partial charge in [0.2, 0.25) is 0 Å². The lowest BCUT2D eigenvalue weighted by atomic mass is 10.0. The Balaban J connectivity index is 2.07. The molecule has 0 spiro atoms. The summed E-state index contributed by atoms with van der Waals surface area (Å²) in [5, 5.41) is 22.3. The number of nitrogens with one attached hydrogen (secondary N) is 2. The average Bonchev–Trinajstić information content (AvgIpc) is 2.71. The van der Waals surface area contributed by atoms with E-state index >= 15 is 0 Å². The van der Waals surface area contributed by atoms with Gasteiger partial charge < -0.3 is 5.32 Å². The fourth-order valence-electron chi connectivity index (χ4n) is 2.72. The SMILES string of the molecule is CCCCc1ccc(C(=O)N[C@@H](Cc2ccc([N+](=O)[O-])cc2)C(=O)NO)cc1. The van der Waals surface area contributed by atoms with Crippen LogP contribution >= 0.6 is 0 Å². The Hall–Kier alpha value is -3.26. The van der Waals surface area contributed by atoms with Crippen LogP contribution in [0.3, 0.4) is 0 Å². The van der Waals surface area contributed by atoms with Crippen LogP contribution in [0.15, 0.2) is 48.5 Å². The number of hydroxylamine groups is 1. The number of amides is 2. The minimum absolute atomic E-state index is 0.0703. The summed E-state index contributed by atoms with van der Waals surface area (Å²) in [6, 6.07) is 11.8. The maximum Gasteiger partial charge on any atom is 0.269 e. The number of nitro benzene ring substituents is 1. The van der Waals surface area contributed by atoms with Crippen molar-refractivity contribution in [1.29, 1.82) is 0 Å². The Kier molecular flexibility index (Phi) is 7.65. The van der Waals surface area contributed by atoms with Crippen molar-refractivity contribution in [2.45, 2.75) is 38.6 Å². The standard InChI is InChI=1S/C20H23N3O5/c1-2-3-4-14-5-9-16(10-6-14)19(24)21-18(20(25)22-26)13-15-7-11-17(12-8-15)23(27)28/h5-12,18,26H,2-4,13H2,1H3,(H,21,24)(H,22,25)/t18-/m0/s1. The molecule has 0 aliphatic rings. The largest absolute Gasteiger partial charge is 0.340 e. The predicted octanol–water partition coefficient (Wildman–Crippen LogP) is 2.78. The van der Waals surface area contributed by atoms with Crippen molar-refractivity contribution in [3.8, 4) is 0 Å². The van der Waals surface area contributed by atoms with Crippen molar-refractivity contribution >= 4 is 17.5 Å². The molecular formula is C20H23N3O5. The van der Waals surface area contributed by atoms with E-state index in [-0.39, 0.29) is 12.1 Å². The molecular weight excluding hydrogens is 362 g/mol. The van der Waals surface area contributed by atoms with Gasteiger partial charge in [-0.1, -0.05) is 37.6 Å². The van der Waals surface area contributed by atoms with Crippen molar-refractivity contribution in [3.63, 3.8) is 0 Å². The van der Waals surface area contributed by atoms with Gasteiger partial charge in [0.05, 0.1) is 4.92 Å². The van der Waals surface area contributed by atoms with Gasteiger partial charge in [0.15, 0.2) is 0 Å². The fraction of sp³-hybridized carbons (Fsp3) is 0.300. The van der Waals surface area contributed by atoms with Crippen LogP contribution in [0.25, 0.3) is 0 Å². The third-order valence-electron chi connectivity index (χ3n) is 4.35. The van der Waals surface area contributed by atoms with Crippen molar-refractivity contribution in [2.75, 3.05) is 0 Å². The first kappa shape index (κ1) is 21.0. The Labute approximate surface area is 162 Å². The monoisotopic (exact) mass is 385 g/mol. The minimum atomic E-state index is -1.03. The smallest absolute Gasteiger partial charge is 0.269 e. The molecule has 2 amide bonds. The minimum Gasteiger partial charge on any atom is -0.340 e. The third kappa shape index (κ3) is 5.88. The van der Waals surface area contributed by atoms with E-state index in [2.05, 4.69) is 12.2 Å². The summed E-state index contributed by atoms with van der Waals surface area (Å²) < 4.78 is 0. The summed E-state index contributed by atoms with van der Waals surface area (Å²) in [6.07, 6.45) is 3.17. The van der Waals surface area contributed by atoms with E-state index in [4.69, 9.17) is 5.21 Å². The molecule has 0 aliphatic carbocycles. The zero-order chi connectivity index (χ0) is 20.5. The van der Waals surface area contributed by atoms with Crippen LogP contribution in [0.1, 0.15) is 41.3 Å². The van der Waals surface area contributed by atoms with E-state index in [0.29, 0.717) is 11.1 Å². The number of benzene rings is 2. The molecule has 0 fully saturated rings. The second kappa shape index (κ2) is 10.2. The lowest BCUT2D eigenvalue weighted by molar-refractivity contribution is -0.384. The van der Waals surface area contributed by atoms with E-state index < -0.39 is 22.8 Å². The maximum atomic E-state index is 12.5. The number of carbonyl (C=O) groups excluding carboxylic acids is 2. The van der Waals surface area contributed by atoms with E-state index in [0.717, 1.165) is 24.8 Å². The van der Waals surface area contributed by atoms with Crippen molar-refractivity contribution < 1.29 is 19.7 Å². The number of nitro groups is 1. The highest BCUT2D eigenvalue weighted by atomic mass is 16.6. The molecule has 8 nitrogen and oxygen atoms in total. The molecule has 0 saturated carbocycles. The first-order chi connectivity index (χ1) is 13.4. The van der Waals surface area contributed by atoms with E-state index in [1.54, 1.807) is 17.6 Å².